The van der Waals surface area contributed by atoms with Gasteiger partial charge in [0.25, 0.3) is 0 Å². The molecule has 0 aliphatic carbocycles. The van der Waals surface area contributed by atoms with Crippen molar-refractivity contribution >= 4 is 11.9 Å². The molecule has 0 aromatic heterocycles. The Morgan fingerprint density at radius 2 is 1.86 bits per heavy atom. The number of hydrogen-bond donors (Lipinski definition) is 1. The van der Waals surface area contributed by atoms with Crippen molar-refractivity contribution < 1.29 is 27.9 Å². The van der Waals surface area contributed by atoms with Gasteiger partial charge in [-0.1, -0.05) is 30.3 Å². The highest BCUT2D eigenvalue weighted by Gasteiger charge is 2.46. The second-order valence-electron chi connectivity index (χ2n) is 4.45. The highest BCUT2D eigenvalue weighted by molar-refractivity contribution is 5.87. The lowest BCUT2D eigenvalue weighted by Gasteiger charge is -2.29. The van der Waals surface area contributed by atoms with Crippen LogP contribution in [-0.2, 0) is 16.0 Å². The molecule has 0 aliphatic rings. The number of alkyl halides is 3. The topological polar surface area (TPSA) is 81.4 Å². The molecule has 0 heterocycles. The molecule has 0 bridgehead atoms. The molecule has 118 valence electrons. The molecule has 1 N–H and O–H groups in total. The number of carbonyl (C=O) groups is 2. The zero-order valence-corrected chi connectivity index (χ0v) is 11.4. The van der Waals surface area contributed by atoms with Gasteiger partial charge < -0.3 is 10.0 Å². The Bertz CT molecular complexity index is 567. The summed E-state index contributed by atoms with van der Waals surface area (Å²) in [5, 5.41) is 17.7. The second kappa shape index (κ2) is 7.45. The molecular weight excluding hydrogens is 301 g/mol. The predicted octanol–water partition coefficient (Wildman–Crippen LogP) is 1.99. The van der Waals surface area contributed by atoms with Crippen LogP contribution in [-0.4, -0.2) is 40.6 Å². The molecule has 1 aromatic carbocycles. The van der Waals surface area contributed by atoms with Gasteiger partial charge in [-0.05, 0) is 5.56 Å². The van der Waals surface area contributed by atoms with E-state index < -0.39 is 30.6 Å². The van der Waals surface area contributed by atoms with Gasteiger partial charge in [-0.15, -0.1) is 0 Å². The SMILES string of the molecule is N#CCCN(C(=O)C(F)(F)F)C(Cc1ccccc1)C(=O)O. The van der Waals surface area contributed by atoms with E-state index in [4.69, 9.17) is 5.26 Å². The van der Waals surface area contributed by atoms with E-state index in [1.54, 1.807) is 36.4 Å². The van der Waals surface area contributed by atoms with Crippen LogP contribution in [0.3, 0.4) is 0 Å². The third-order valence-corrected chi connectivity index (χ3v) is 2.90. The number of rotatable bonds is 6. The first-order valence-electron chi connectivity index (χ1n) is 6.29. The Labute approximate surface area is 124 Å². The quantitative estimate of drug-likeness (QED) is 0.870. The van der Waals surface area contributed by atoms with E-state index >= 15 is 0 Å². The summed E-state index contributed by atoms with van der Waals surface area (Å²) in [5.41, 5.74) is 0.479. The number of halogens is 3. The summed E-state index contributed by atoms with van der Waals surface area (Å²) in [5.74, 6) is -3.81. The van der Waals surface area contributed by atoms with Gasteiger partial charge in [-0.3, -0.25) is 4.79 Å². The third-order valence-electron chi connectivity index (χ3n) is 2.90. The Kier molecular flexibility index (Phi) is 5.92. The fourth-order valence-corrected chi connectivity index (χ4v) is 1.90. The van der Waals surface area contributed by atoms with Crippen molar-refractivity contribution in [2.45, 2.75) is 25.1 Å². The first kappa shape index (κ1) is 17.5. The van der Waals surface area contributed by atoms with Crippen LogP contribution in [0, 0.1) is 11.3 Å². The van der Waals surface area contributed by atoms with E-state index in [1.807, 2.05) is 0 Å². The lowest BCUT2D eigenvalue weighted by atomic mass is 10.0. The summed E-state index contributed by atoms with van der Waals surface area (Å²) in [7, 11) is 0. The van der Waals surface area contributed by atoms with E-state index in [0.717, 1.165) is 0 Å². The minimum absolute atomic E-state index is 0.193. The van der Waals surface area contributed by atoms with Gasteiger partial charge in [-0.2, -0.15) is 18.4 Å². The van der Waals surface area contributed by atoms with Crippen LogP contribution in [0.1, 0.15) is 12.0 Å². The van der Waals surface area contributed by atoms with Gasteiger partial charge in [0.15, 0.2) is 0 Å². The Hall–Kier alpha value is -2.56. The first-order valence-corrected chi connectivity index (χ1v) is 6.29. The van der Waals surface area contributed by atoms with Gasteiger partial charge >= 0.3 is 18.1 Å². The first-order chi connectivity index (χ1) is 10.3. The zero-order valence-electron chi connectivity index (χ0n) is 11.4. The van der Waals surface area contributed by atoms with Crippen LogP contribution in [0.2, 0.25) is 0 Å². The van der Waals surface area contributed by atoms with E-state index in [2.05, 4.69) is 0 Å². The number of carboxylic acids is 1. The molecule has 0 radical (unpaired) electrons. The maximum absolute atomic E-state index is 12.6. The fraction of sp³-hybridized carbons (Fsp3) is 0.357. The maximum Gasteiger partial charge on any atom is 0.471 e. The minimum Gasteiger partial charge on any atom is -0.480 e. The van der Waals surface area contributed by atoms with Gasteiger partial charge in [0.1, 0.15) is 6.04 Å². The smallest absolute Gasteiger partial charge is 0.471 e. The van der Waals surface area contributed by atoms with Crippen LogP contribution in [0.25, 0.3) is 0 Å². The summed E-state index contributed by atoms with van der Waals surface area (Å²) in [6.45, 7) is -0.599. The van der Waals surface area contributed by atoms with Gasteiger partial charge in [0, 0.05) is 13.0 Å². The molecule has 1 rings (SSSR count). The van der Waals surface area contributed by atoms with E-state index in [9.17, 15) is 27.9 Å². The molecule has 1 unspecified atom stereocenters. The summed E-state index contributed by atoms with van der Waals surface area (Å²) >= 11 is 0. The molecule has 8 heteroatoms. The Morgan fingerprint density at radius 3 is 2.32 bits per heavy atom. The molecule has 1 amide bonds. The standard InChI is InChI=1S/C14H13F3N2O3/c15-14(16,17)13(22)19(8-4-7-18)11(12(20)21)9-10-5-2-1-3-6-10/h1-3,5-6,11H,4,8-9H2,(H,20,21). The minimum atomic E-state index is -5.19. The highest BCUT2D eigenvalue weighted by atomic mass is 19.4. The van der Waals surface area contributed by atoms with Gasteiger partial charge in [0.2, 0.25) is 0 Å². The predicted molar refractivity (Wildman–Crippen MR) is 69.6 cm³/mol. The van der Waals surface area contributed by atoms with Gasteiger partial charge in [-0.25, -0.2) is 4.79 Å². The lowest BCUT2D eigenvalue weighted by molar-refractivity contribution is -0.189. The van der Waals surface area contributed by atoms with Crippen molar-refractivity contribution in [1.29, 1.82) is 5.26 Å². The normalized spacial score (nSPS) is 12.3. The average Bonchev–Trinajstić information content (AvgIpc) is 2.46. The number of hydrogen-bond acceptors (Lipinski definition) is 3. The molecular formula is C14H13F3N2O3. The van der Waals surface area contributed by atoms with Gasteiger partial charge in [0.05, 0.1) is 12.5 Å². The van der Waals surface area contributed by atoms with Crippen molar-refractivity contribution in [2.24, 2.45) is 0 Å². The molecule has 0 saturated heterocycles. The molecule has 0 spiro atoms. The maximum atomic E-state index is 12.6. The fourth-order valence-electron chi connectivity index (χ4n) is 1.90. The zero-order chi connectivity index (χ0) is 16.8. The number of nitriles is 1. The number of benzene rings is 1. The van der Waals surface area contributed by atoms with E-state index in [1.165, 1.54) is 0 Å². The number of nitrogens with zero attached hydrogens (tertiary/aromatic N) is 2. The Morgan fingerprint density at radius 1 is 1.27 bits per heavy atom. The summed E-state index contributed by atoms with van der Waals surface area (Å²) in [4.78, 5) is 22.9. The number of carbonyl (C=O) groups excluding carboxylic acids is 1. The Balaban J connectivity index is 3.07. The second-order valence-corrected chi connectivity index (χ2v) is 4.45. The molecule has 22 heavy (non-hydrogen) atoms. The largest absolute Gasteiger partial charge is 0.480 e. The molecule has 5 nitrogen and oxygen atoms in total. The van der Waals surface area contributed by atoms with Crippen molar-refractivity contribution in [3.8, 4) is 6.07 Å². The third kappa shape index (κ3) is 4.77. The summed E-state index contributed by atoms with van der Waals surface area (Å²) in [6.07, 6.45) is -5.86. The summed E-state index contributed by atoms with van der Waals surface area (Å²) in [6, 6.07) is 7.92. The van der Waals surface area contributed by atoms with Crippen LogP contribution < -0.4 is 0 Å². The number of carboxylic acid groups (broad SMARTS) is 1. The van der Waals surface area contributed by atoms with Crippen molar-refractivity contribution in [3.63, 3.8) is 0 Å². The molecule has 0 aliphatic heterocycles. The van der Waals surface area contributed by atoms with Crippen molar-refractivity contribution in [3.05, 3.63) is 35.9 Å². The number of aliphatic carboxylic acids is 1. The van der Waals surface area contributed by atoms with E-state index in [-0.39, 0.29) is 17.7 Å². The number of amides is 1. The monoisotopic (exact) mass is 314 g/mol. The highest BCUT2D eigenvalue weighted by Crippen LogP contribution is 2.22. The molecule has 1 aromatic rings. The average molecular weight is 314 g/mol. The van der Waals surface area contributed by atoms with Crippen molar-refractivity contribution in [2.75, 3.05) is 6.54 Å². The molecule has 0 saturated carbocycles. The lowest BCUT2D eigenvalue weighted by Crippen LogP contribution is -2.51. The van der Waals surface area contributed by atoms with Crippen LogP contribution in [0.4, 0.5) is 13.2 Å². The van der Waals surface area contributed by atoms with Crippen molar-refractivity contribution in [1.82, 2.24) is 4.90 Å². The van der Waals surface area contributed by atoms with Crippen LogP contribution >= 0.6 is 0 Å². The molecule has 0 fully saturated rings. The van der Waals surface area contributed by atoms with E-state index in [0.29, 0.717) is 5.56 Å². The summed E-state index contributed by atoms with van der Waals surface area (Å²) < 4.78 is 37.9. The van der Waals surface area contributed by atoms with Crippen LogP contribution in [0.5, 0.6) is 0 Å². The molecule has 1 atom stereocenters. The van der Waals surface area contributed by atoms with Crippen LogP contribution in [0.15, 0.2) is 30.3 Å².